The number of piperazine rings is 1. The topological polar surface area (TPSA) is 72.1 Å². The SMILES string of the molecule is COc1cc(CNC(=O)CN2CCNC[C@@H]2C)cc(OC)c1OC.Cl. The van der Waals surface area contributed by atoms with Gasteiger partial charge in [-0.05, 0) is 24.6 Å². The third-order valence-corrected chi connectivity index (χ3v) is 4.20. The molecule has 1 heterocycles. The van der Waals surface area contributed by atoms with Gasteiger partial charge in [0.25, 0.3) is 0 Å². The highest BCUT2D eigenvalue weighted by Gasteiger charge is 2.20. The molecule has 1 aromatic rings. The maximum atomic E-state index is 12.2. The van der Waals surface area contributed by atoms with Gasteiger partial charge in [0.1, 0.15) is 0 Å². The minimum Gasteiger partial charge on any atom is -0.493 e. The summed E-state index contributed by atoms with van der Waals surface area (Å²) >= 11 is 0. The third-order valence-electron chi connectivity index (χ3n) is 4.20. The van der Waals surface area contributed by atoms with E-state index >= 15 is 0 Å². The number of ether oxygens (including phenoxy) is 3. The van der Waals surface area contributed by atoms with Gasteiger partial charge >= 0.3 is 0 Å². The van der Waals surface area contributed by atoms with E-state index in [1.807, 2.05) is 12.1 Å². The van der Waals surface area contributed by atoms with E-state index in [2.05, 4.69) is 22.5 Å². The van der Waals surface area contributed by atoms with Crippen LogP contribution in [0.5, 0.6) is 17.2 Å². The number of halogens is 1. The molecule has 1 atom stereocenters. The first-order valence-electron chi connectivity index (χ1n) is 8.09. The first kappa shape index (κ1) is 21.3. The molecule has 1 aromatic carbocycles. The largest absolute Gasteiger partial charge is 0.493 e. The molecule has 1 aliphatic heterocycles. The lowest BCUT2D eigenvalue weighted by Gasteiger charge is -2.33. The first-order chi connectivity index (χ1) is 11.6. The summed E-state index contributed by atoms with van der Waals surface area (Å²) in [5, 5.41) is 6.27. The summed E-state index contributed by atoms with van der Waals surface area (Å²) in [6.45, 7) is 5.67. The van der Waals surface area contributed by atoms with Crippen LogP contribution in [0.2, 0.25) is 0 Å². The van der Waals surface area contributed by atoms with Gasteiger partial charge in [-0.15, -0.1) is 12.4 Å². The quantitative estimate of drug-likeness (QED) is 0.744. The summed E-state index contributed by atoms with van der Waals surface area (Å²) < 4.78 is 16.0. The number of carbonyl (C=O) groups is 1. The van der Waals surface area contributed by atoms with E-state index in [0.29, 0.717) is 36.4 Å². The van der Waals surface area contributed by atoms with Gasteiger partial charge in [0.15, 0.2) is 11.5 Å². The third kappa shape index (κ3) is 5.66. The molecule has 25 heavy (non-hydrogen) atoms. The van der Waals surface area contributed by atoms with Gasteiger partial charge in [0.2, 0.25) is 11.7 Å². The second kappa shape index (κ2) is 10.3. The van der Waals surface area contributed by atoms with E-state index in [0.717, 1.165) is 25.2 Å². The minimum atomic E-state index is 0. The number of hydrogen-bond donors (Lipinski definition) is 2. The summed E-state index contributed by atoms with van der Waals surface area (Å²) in [5.74, 6) is 1.72. The van der Waals surface area contributed by atoms with Gasteiger partial charge in [-0.2, -0.15) is 0 Å². The Hall–Kier alpha value is -1.70. The van der Waals surface area contributed by atoms with E-state index < -0.39 is 0 Å². The molecular weight excluding hydrogens is 346 g/mol. The van der Waals surface area contributed by atoms with E-state index in [4.69, 9.17) is 14.2 Å². The van der Waals surface area contributed by atoms with Crippen molar-refractivity contribution in [1.29, 1.82) is 0 Å². The minimum absolute atomic E-state index is 0. The molecular formula is C17H28ClN3O4. The standard InChI is InChI=1S/C17H27N3O4.ClH/c1-12-9-18-5-6-20(12)11-16(21)19-10-13-7-14(22-2)17(24-4)15(8-13)23-3;/h7-8,12,18H,5-6,9-11H2,1-4H3,(H,19,21);1H/t12-;/m0./s1. The Labute approximate surface area is 155 Å². The van der Waals surface area contributed by atoms with Gasteiger partial charge in [-0.25, -0.2) is 0 Å². The monoisotopic (exact) mass is 373 g/mol. The fourth-order valence-corrected chi connectivity index (χ4v) is 2.80. The van der Waals surface area contributed by atoms with Crippen LogP contribution in [-0.4, -0.2) is 64.4 Å². The summed E-state index contributed by atoms with van der Waals surface area (Å²) in [6, 6.07) is 4.05. The molecule has 1 saturated heterocycles. The fraction of sp³-hybridized carbons (Fsp3) is 0.588. The number of rotatable bonds is 7. The molecule has 1 fully saturated rings. The maximum Gasteiger partial charge on any atom is 0.234 e. The fourth-order valence-electron chi connectivity index (χ4n) is 2.80. The zero-order valence-corrected chi connectivity index (χ0v) is 16.1. The van der Waals surface area contributed by atoms with Crippen molar-refractivity contribution in [3.05, 3.63) is 17.7 Å². The zero-order valence-electron chi connectivity index (χ0n) is 15.3. The van der Waals surface area contributed by atoms with Crippen LogP contribution >= 0.6 is 12.4 Å². The van der Waals surface area contributed by atoms with Gasteiger partial charge in [0, 0.05) is 32.2 Å². The molecule has 0 spiro atoms. The Balaban J connectivity index is 0.00000312. The average molecular weight is 374 g/mol. The van der Waals surface area contributed by atoms with E-state index in [9.17, 15) is 4.79 Å². The van der Waals surface area contributed by atoms with Gasteiger partial charge in [-0.1, -0.05) is 0 Å². The molecule has 0 aliphatic carbocycles. The number of benzene rings is 1. The molecule has 1 aliphatic rings. The highest BCUT2D eigenvalue weighted by Crippen LogP contribution is 2.38. The molecule has 0 aromatic heterocycles. The molecule has 0 saturated carbocycles. The summed E-state index contributed by atoms with van der Waals surface area (Å²) in [5.41, 5.74) is 0.895. The predicted molar refractivity (Wildman–Crippen MR) is 99.1 cm³/mol. The van der Waals surface area contributed by atoms with Crippen molar-refractivity contribution < 1.29 is 19.0 Å². The van der Waals surface area contributed by atoms with Crippen LogP contribution < -0.4 is 24.8 Å². The van der Waals surface area contributed by atoms with E-state index in [1.165, 1.54) is 0 Å². The Morgan fingerprint density at radius 3 is 2.40 bits per heavy atom. The Morgan fingerprint density at radius 2 is 1.88 bits per heavy atom. The van der Waals surface area contributed by atoms with Crippen LogP contribution in [0.4, 0.5) is 0 Å². The van der Waals surface area contributed by atoms with Crippen molar-refractivity contribution in [3.63, 3.8) is 0 Å². The molecule has 142 valence electrons. The van der Waals surface area contributed by atoms with Crippen molar-refractivity contribution in [1.82, 2.24) is 15.5 Å². The molecule has 0 radical (unpaired) electrons. The smallest absolute Gasteiger partial charge is 0.234 e. The average Bonchev–Trinajstić information content (AvgIpc) is 2.60. The van der Waals surface area contributed by atoms with Crippen molar-refractivity contribution >= 4 is 18.3 Å². The second-order valence-corrected chi connectivity index (χ2v) is 5.83. The van der Waals surface area contributed by atoms with Crippen LogP contribution in [0.1, 0.15) is 12.5 Å². The Morgan fingerprint density at radius 1 is 1.24 bits per heavy atom. The Kier molecular flexibility index (Phi) is 8.82. The predicted octanol–water partition coefficient (Wildman–Crippen LogP) is 1.04. The highest BCUT2D eigenvalue weighted by molar-refractivity contribution is 5.85. The van der Waals surface area contributed by atoms with Gasteiger partial charge < -0.3 is 24.8 Å². The molecule has 1 amide bonds. The number of carbonyl (C=O) groups excluding carboxylic acids is 1. The van der Waals surface area contributed by atoms with Gasteiger partial charge in [0.05, 0.1) is 27.9 Å². The Bertz CT molecular complexity index is 546. The summed E-state index contributed by atoms with van der Waals surface area (Å²) in [4.78, 5) is 14.4. The maximum absolute atomic E-state index is 12.2. The van der Waals surface area contributed by atoms with E-state index in [1.54, 1.807) is 21.3 Å². The van der Waals surface area contributed by atoms with Crippen molar-refractivity contribution in [3.8, 4) is 17.2 Å². The number of nitrogens with one attached hydrogen (secondary N) is 2. The lowest BCUT2D eigenvalue weighted by Crippen LogP contribution is -2.52. The molecule has 2 N–H and O–H groups in total. The summed E-state index contributed by atoms with van der Waals surface area (Å²) in [6.07, 6.45) is 0. The lowest BCUT2D eigenvalue weighted by molar-refractivity contribution is -0.123. The van der Waals surface area contributed by atoms with Crippen LogP contribution in [0, 0.1) is 0 Å². The number of amides is 1. The van der Waals surface area contributed by atoms with E-state index in [-0.39, 0.29) is 18.3 Å². The van der Waals surface area contributed by atoms with Crippen LogP contribution in [0.3, 0.4) is 0 Å². The molecule has 0 unspecified atom stereocenters. The van der Waals surface area contributed by atoms with Crippen molar-refractivity contribution in [2.24, 2.45) is 0 Å². The highest BCUT2D eigenvalue weighted by atomic mass is 35.5. The normalized spacial score (nSPS) is 17.4. The number of hydrogen-bond acceptors (Lipinski definition) is 6. The molecule has 8 heteroatoms. The van der Waals surface area contributed by atoms with Crippen molar-refractivity contribution in [2.45, 2.75) is 19.5 Å². The first-order valence-corrected chi connectivity index (χ1v) is 8.09. The molecule has 0 bridgehead atoms. The lowest BCUT2D eigenvalue weighted by atomic mass is 10.1. The van der Waals surface area contributed by atoms with Crippen molar-refractivity contribution in [2.75, 3.05) is 47.5 Å². The van der Waals surface area contributed by atoms with Crippen LogP contribution in [0.25, 0.3) is 0 Å². The van der Waals surface area contributed by atoms with Gasteiger partial charge in [-0.3, -0.25) is 9.69 Å². The molecule has 2 rings (SSSR count). The zero-order chi connectivity index (χ0) is 17.5. The number of methoxy groups -OCH3 is 3. The van der Waals surface area contributed by atoms with Crippen LogP contribution in [0.15, 0.2) is 12.1 Å². The summed E-state index contributed by atoms with van der Waals surface area (Å²) in [7, 11) is 4.72. The van der Waals surface area contributed by atoms with Crippen LogP contribution in [-0.2, 0) is 11.3 Å². The second-order valence-electron chi connectivity index (χ2n) is 5.83. The number of nitrogens with zero attached hydrogens (tertiary/aromatic N) is 1. The molecule has 7 nitrogen and oxygen atoms in total.